The molecule has 3 N–H and O–H groups in total. The second-order valence-corrected chi connectivity index (χ2v) is 6.84. The predicted octanol–water partition coefficient (Wildman–Crippen LogP) is 0.942. The lowest BCUT2D eigenvalue weighted by atomic mass is 9.99. The molecule has 1 heterocycles. The molecule has 0 atom stereocenters. The van der Waals surface area contributed by atoms with Crippen molar-refractivity contribution in [3.63, 3.8) is 0 Å². The molecule has 0 aromatic carbocycles. The summed E-state index contributed by atoms with van der Waals surface area (Å²) in [5, 5.41) is 9.48. The van der Waals surface area contributed by atoms with E-state index in [2.05, 4.69) is 32.8 Å². The summed E-state index contributed by atoms with van der Waals surface area (Å²) in [6, 6.07) is 0.403. The van der Waals surface area contributed by atoms with Gasteiger partial charge in [-0.15, -0.1) is 0 Å². The van der Waals surface area contributed by atoms with Crippen LogP contribution in [0.1, 0.15) is 46.0 Å². The van der Waals surface area contributed by atoms with Crippen LogP contribution in [0.5, 0.6) is 0 Å². The number of nitrogens with one attached hydrogen (secondary N) is 3. The normalized spacial score (nSPS) is 20.3. The van der Waals surface area contributed by atoms with Crippen molar-refractivity contribution in [3.05, 3.63) is 0 Å². The molecule has 0 unspecified atom stereocenters. The van der Waals surface area contributed by atoms with Gasteiger partial charge in [0.1, 0.15) is 6.54 Å². The molecule has 1 aliphatic heterocycles. The summed E-state index contributed by atoms with van der Waals surface area (Å²) in [4.78, 5) is 18.6. The monoisotopic (exact) mass is 323 g/mol. The Hall–Kier alpha value is -1.30. The highest BCUT2D eigenvalue weighted by atomic mass is 16.2. The zero-order valence-electron chi connectivity index (χ0n) is 14.7. The second kappa shape index (κ2) is 9.75. The molecule has 1 saturated carbocycles. The molecular weight excluding hydrogens is 290 g/mol. The van der Waals surface area contributed by atoms with Crippen molar-refractivity contribution in [2.24, 2.45) is 10.9 Å². The van der Waals surface area contributed by atoms with Crippen LogP contribution in [0, 0.1) is 5.92 Å². The highest BCUT2D eigenvalue weighted by molar-refractivity contribution is 5.85. The molecule has 1 amide bonds. The number of likely N-dealkylation sites (tertiary alicyclic amines) is 1. The van der Waals surface area contributed by atoms with E-state index in [1.54, 1.807) is 0 Å². The van der Waals surface area contributed by atoms with Crippen LogP contribution in [0.3, 0.4) is 0 Å². The Bertz CT molecular complexity index is 386. The van der Waals surface area contributed by atoms with E-state index >= 15 is 0 Å². The van der Waals surface area contributed by atoms with Crippen molar-refractivity contribution in [1.29, 1.82) is 0 Å². The maximum atomic E-state index is 11.7. The number of rotatable bonds is 8. The van der Waals surface area contributed by atoms with Gasteiger partial charge in [-0.05, 0) is 64.6 Å². The molecule has 2 aliphatic rings. The first-order valence-corrected chi connectivity index (χ1v) is 9.21. The van der Waals surface area contributed by atoms with Gasteiger partial charge in [0.25, 0.3) is 0 Å². The quantitative estimate of drug-likeness (QED) is 0.353. The van der Waals surface area contributed by atoms with Gasteiger partial charge in [0.05, 0.1) is 0 Å². The molecule has 2 rings (SSSR count). The fourth-order valence-electron chi connectivity index (χ4n) is 2.79. The molecule has 0 aromatic rings. The summed E-state index contributed by atoms with van der Waals surface area (Å²) in [5.41, 5.74) is 0. The third kappa shape index (κ3) is 7.68. The van der Waals surface area contributed by atoms with Gasteiger partial charge in [-0.25, -0.2) is 4.99 Å². The summed E-state index contributed by atoms with van der Waals surface area (Å²) in [6.07, 6.45) is 5.99. The molecule has 0 bridgehead atoms. The number of hydrogen-bond donors (Lipinski definition) is 3. The van der Waals surface area contributed by atoms with Crippen LogP contribution >= 0.6 is 0 Å². The van der Waals surface area contributed by atoms with Crippen LogP contribution < -0.4 is 16.0 Å². The molecule has 0 radical (unpaired) electrons. The van der Waals surface area contributed by atoms with Gasteiger partial charge in [0.15, 0.2) is 5.96 Å². The Morgan fingerprint density at radius 2 is 1.91 bits per heavy atom. The third-order valence-corrected chi connectivity index (χ3v) is 4.49. The first-order chi connectivity index (χ1) is 11.2. The standard InChI is InChI=1S/C17H33N5O/c1-3-18-17(20-13-16(23)21-15-5-6-15)19-9-4-10-22-11-7-14(2)8-12-22/h14-15H,3-13H2,1-2H3,(H,21,23)(H2,18,19,20). The number of carbonyl (C=O) groups is 1. The Kier molecular flexibility index (Phi) is 7.65. The minimum atomic E-state index is 0.0205. The molecule has 0 spiro atoms. The van der Waals surface area contributed by atoms with E-state index in [0.29, 0.717) is 6.04 Å². The molecular formula is C17H33N5O. The molecule has 0 aromatic heterocycles. The fraction of sp³-hybridized carbons (Fsp3) is 0.882. The number of amides is 1. The van der Waals surface area contributed by atoms with Crippen LogP contribution in [0.15, 0.2) is 4.99 Å². The SMILES string of the molecule is CCNC(=NCC(=O)NC1CC1)NCCCN1CCC(C)CC1. The van der Waals surface area contributed by atoms with Gasteiger partial charge in [-0.2, -0.15) is 0 Å². The number of nitrogens with zero attached hydrogens (tertiary/aromatic N) is 2. The van der Waals surface area contributed by atoms with Gasteiger partial charge >= 0.3 is 0 Å². The van der Waals surface area contributed by atoms with Crippen molar-refractivity contribution in [2.45, 2.75) is 52.0 Å². The Labute approximate surface area is 140 Å². The Morgan fingerprint density at radius 3 is 2.57 bits per heavy atom. The molecule has 6 nitrogen and oxygen atoms in total. The average molecular weight is 323 g/mol. The fourth-order valence-corrected chi connectivity index (χ4v) is 2.79. The summed E-state index contributed by atoms with van der Waals surface area (Å²) in [6.45, 7) is 9.89. The first kappa shape index (κ1) is 18.0. The van der Waals surface area contributed by atoms with E-state index in [-0.39, 0.29) is 12.5 Å². The summed E-state index contributed by atoms with van der Waals surface area (Å²) in [5.74, 6) is 1.65. The minimum Gasteiger partial charge on any atom is -0.357 e. The Morgan fingerprint density at radius 1 is 1.17 bits per heavy atom. The van der Waals surface area contributed by atoms with Crippen molar-refractivity contribution in [2.75, 3.05) is 39.3 Å². The molecule has 132 valence electrons. The maximum Gasteiger partial charge on any atom is 0.242 e. The lowest BCUT2D eigenvalue weighted by Crippen LogP contribution is -2.40. The van der Waals surface area contributed by atoms with Gasteiger partial charge < -0.3 is 20.9 Å². The lowest BCUT2D eigenvalue weighted by molar-refractivity contribution is -0.119. The first-order valence-electron chi connectivity index (χ1n) is 9.21. The summed E-state index contributed by atoms with van der Waals surface area (Å²) < 4.78 is 0. The molecule has 6 heteroatoms. The van der Waals surface area contributed by atoms with Crippen molar-refractivity contribution < 1.29 is 4.79 Å². The summed E-state index contributed by atoms with van der Waals surface area (Å²) >= 11 is 0. The van der Waals surface area contributed by atoms with Crippen LogP contribution in [-0.2, 0) is 4.79 Å². The van der Waals surface area contributed by atoms with Crippen LogP contribution in [0.2, 0.25) is 0 Å². The lowest BCUT2D eigenvalue weighted by Gasteiger charge is -2.30. The summed E-state index contributed by atoms with van der Waals surface area (Å²) in [7, 11) is 0. The van der Waals surface area contributed by atoms with E-state index in [1.807, 2.05) is 6.92 Å². The van der Waals surface area contributed by atoms with Crippen LogP contribution in [-0.4, -0.2) is 62.1 Å². The molecule has 23 heavy (non-hydrogen) atoms. The third-order valence-electron chi connectivity index (χ3n) is 4.49. The van der Waals surface area contributed by atoms with Crippen molar-refractivity contribution in [1.82, 2.24) is 20.9 Å². The zero-order chi connectivity index (χ0) is 16.5. The highest BCUT2D eigenvalue weighted by Crippen LogP contribution is 2.18. The average Bonchev–Trinajstić information content (AvgIpc) is 3.34. The van der Waals surface area contributed by atoms with Gasteiger partial charge in [0.2, 0.25) is 5.91 Å². The van der Waals surface area contributed by atoms with Crippen molar-refractivity contribution >= 4 is 11.9 Å². The zero-order valence-corrected chi connectivity index (χ0v) is 14.7. The number of guanidine groups is 1. The Balaban J connectivity index is 1.60. The molecule has 1 aliphatic carbocycles. The second-order valence-electron chi connectivity index (χ2n) is 6.84. The van der Waals surface area contributed by atoms with E-state index in [0.717, 1.165) is 50.8 Å². The smallest absolute Gasteiger partial charge is 0.242 e. The van der Waals surface area contributed by atoms with E-state index in [1.165, 1.54) is 25.9 Å². The number of carbonyl (C=O) groups excluding carboxylic acids is 1. The largest absolute Gasteiger partial charge is 0.357 e. The predicted molar refractivity (Wildman–Crippen MR) is 94.6 cm³/mol. The number of hydrogen-bond acceptors (Lipinski definition) is 3. The van der Waals surface area contributed by atoms with Gasteiger partial charge in [-0.3, -0.25) is 4.79 Å². The van der Waals surface area contributed by atoms with Crippen LogP contribution in [0.4, 0.5) is 0 Å². The molecule has 2 fully saturated rings. The van der Waals surface area contributed by atoms with Crippen LogP contribution in [0.25, 0.3) is 0 Å². The topological polar surface area (TPSA) is 68.8 Å². The van der Waals surface area contributed by atoms with E-state index < -0.39 is 0 Å². The maximum absolute atomic E-state index is 11.7. The van der Waals surface area contributed by atoms with Gasteiger partial charge in [0, 0.05) is 19.1 Å². The minimum absolute atomic E-state index is 0.0205. The number of aliphatic imine (C=N–C) groups is 1. The van der Waals surface area contributed by atoms with E-state index in [9.17, 15) is 4.79 Å². The number of piperidine rings is 1. The van der Waals surface area contributed by atoms with E-state index in [4.69, 9.17) is 0 Å². The van der Waals surface area contributed by atoms with Gasteiger partial charge in [-0.1, -0.05) is 6.92 Å². The highest BCUT2D eigenvalue weighted by Gasteiger charge is 2.22. The molecule has 1 saturated heterocycles. The van der Waals surface area contributed by atoms with Crippen molar-refractivity contribution in [3.8, 4) is 0 Å².